The molecule has 26 heavy (non-hydrogen) atoms. The Morgan fingerprint density at radius 3 is 2.04 bits per heavy atom. The van der Waals surface area contributed by atoms with Gasteiger partial charge in [0.15, 0.2) is 0 Å². The van der Waals surface area contributed by atoms with Gasteiger partial charge in [-0.1, -0.05) is 36.9 Å². The van der Waals surface area contributed by atoms with Gasteiger partial charge in [0.1, 0.15) is 6.10 Å². The number of hydrogen-bond acceptors (Lipinski definition) is 3. The van der Waals surface area contributed by atoms with E-state index in [1.54, 1.807) is 6.92 Å². The van der Waals surface area contributed by atoms with Crippen LogP contribution in [-0.4, -0.2) is 46.0 Å². The molecule has 0 fully saturated rings. The summed E-state index contributed by atoms with van der Waals surface area (Å²) in [6.45, 7) is 1.55. The highest BCUT2D eigenvalue weighted by Crippen LogP contribution is 2.31. The first kappa shape index (κ1) is 27.4. The van der Waals surface area contributed by atoms with Crippen LogP contribution in [0.3, 0.4) is 0 Å². The summed E-state index contributed by atoms with van der Waals surface area (Å²) in [4.78, 5) is 0. The summed E-state index contributed by atoms with van der Waals surface area (Å²) in [5.41, 5.74) is 1.50. The Morgan fingerprint density at radius 1 is 0.962 bits per heavy atom. The lowest BCUT2D eigenvalue weighted by Gasteiger charge is -2.30. The predicted molar refractivity (Wildman–Crippen MR) is 113 cm³/mol. The van der Waals surface area contributed by atoms with Crippen LogP contribution in [0.5, 0.6) is 0 Å². The average molecular weight is 513 g/mol. The molecule has 4 nitrogen and oxygen atoms in total. The second-order valence-electron chi connectivity index (χ2n) is 5.87. The van der Waals surface area contributed by atoms with Crippen molar-refractivity contribution in [1.82, 2.24) is 0 Å². The monoisotopic (exact) mass is 510 g/mol. The van der Waals surface area contributed by atoms with E-state index >= 15 is 0 Å². The lowest BCUT2D eigenvalue weighted by molar-refractivity contribution is 0.168. The van der Waals surface area contributed by atoms with Crippen molar-refractivity contribution in [3.8, 4) is 0 Å². The van der Waals surface area contributed by atoms with Crippen LogP contribution in [0.2, 0.25) is 0 Å². The minimum absolute atomic E-state index is 0.524. The van der Waals surface area contributed by atoms with Crippen LogP contribution < -0.4 is 0 Å². The molecule has 6 atom stereocenters. The van der Waals surface area contributed by atoms with E-state index in [1.807, 2.05) is 6.08 Å². The molecule has 0 aromatic carbocycles. The van der Waals surface area contributed by atoms with Crippen LogP contribution in [0.25, 0.3) is 0 Å². The van der Waals surface area contributed by atoms with E-state index < -0.39 is 43.4 Å². The Morgan fingerprint density at radius 2 is 1.54 bits per heavy atom. The maximum Gasteiger partial charge on any atom is 0.397 e. The minimum Gasteiger partial charge on any atom is -0.264 e. The molecule has 0 bridgehead atoms. The third-order valence-electron chi connectivity index (χ3n) is 3.64. The second-order valence-corrected chi connectivity index (χ2v) is 9.93. The predicted octanol–water partition coefficient (Wildman–Crippen LogP) is 6.32. The van der Waals surface area contributed by atoms with Gasteiger partial charge in [0.25, 0.3) is 0 Å². The molecule has 0 aliphatic heterocycles. The molecule has 6 unspecified atom stereocenters. The van der Waals surface area contributed by atoms with Gasteiger partial charge in [-0.25, -0.2) is 4.18 Å². The number of rotatable bonds is 14. The van der Waals surface area contributed by atoms with Crippen molar-refractivity contribution < 1.29 is 17.2 Å². The largest absolute Gasteiger partial charge is 0.397 e. The summed E-state index contributed by atoms with van der Waals surface area (Å²) in [5.74, 6) is 0. The molecule has 0 aliphatic carbocycles. The highest BCUT2D eigenvalue weighted by atomic mass is 35.5. The normalized spacial score (nSPS) is 19.8. The van der Waals surface area contributed by atoms with Gasteiger partial charge in [-0.15, -0.1) is 58.0 Å². The van der Waals surface area contributed by atoms with Gasteiger partial charge >= 0.3 is 10.4 Å². The third-order valence-corrected chi connectivity index (χ3v) is 7.15. The molecule has 0 amide bonds. The second kappa shape index (κ2) is 14.4. The molecule has 11 heteroatoms. The SMILES string of the molecule is CC(Cl)C(Cl)C(OS(=O)(=O)O)C(Cl)C(Cl)C(Cl)CCCCCCC=CCl. The van der Waals surface area contributed by atoms with E-state index in [4.69, 9.17) is 74.2 Å². The molecule has 156 valence electrons. The first-order valence-corrected chi connectivity index (χ1v) is 12.1. The Kier molecular flexibility index (Phi) is 15.1. The van der Waals surface area contributed by atoms with Gasteiger partial charge in [0.05, 0.1) is 21.5 Å². The topological polar surface area (TPSA) is 63.6 Å². The Bertz CT molecular complexity index is 502. The quantitative estimate of drug-likeness (QED) is 0.168. The van der Waals surface area contributed by atoms with Crippen molar-refractivity contribution in [2.24, 2.45) is 0 Å². The Hall–Kier alpha value is 1.35. The van der Waals surface area contributed by atoms with Gasteiger partial charge in [0, 0.05) is 10.9 Å². The highest BCUT2D eigenvalue weighted by molar-refractivity contribution is 7.80. The van der Waals surface area contributed by atoms with E-state index in [0.29, 0.717) is 6.42 Å². The van der Waals surface area contributed by atoms with Crippen LogP contribution in [0.1, 0.15) is 45.4 Å². The van der Waals surface area contributed by atoms with Crippen LogP contribution in [0.4, 0.5) is 0 Å². The zero-order valence-electron chi connectivity index (χ0n) is 14.2. The first-order valence-electron chi connectivity index (χ1n) is 8.12. The standard InChI is InChI=1S/C15H24Cl6O4S/c1-10(17)12(19)15(25-26(22,23)24)14(21)13(20)11(18)8-6-4-2-3-5-7-9-16/h7,9-15H,2-6,8H2,1H3,(H,22,23,24). The van der Waals surface area contributed by atoms with E-state index in [2.05, 4.69) is 4.18 Å². The highest BCUT2D eigenvalue weighted by Gasteiger charge is 2.40. The van der Waals surface area contributed by atoms with E-state index in [0.717, 1.165) is 32.1 Å². The summed E-state index contributed by atoms with van der Waals surface area (Å²) in [6.07, 6.45) is 5.96. The molecule has 0 aromatic heterocycles. The van der Waals surface area contributed by atoms with Gasteiger partial charge in [-0.3, -0.25) is 4.55 Å². The molecule has 0 spiro atoms. The zero-order chi connectivity index (χ0) is 20.3. The van der Waals surface area contributed by atoms with Crippen LogP contribution in [0, 0.1) is 0 Å². The van der Waals surface area contributed by atoms with E-state index in [-0.39, 0.29) is 0 Å². The van der Waals surface area contributed by atoms with Crippen LogP contribution >= 0.6 is 69.6 Å². The molecule has 1 N–H and O–H groups in total. The van der Waals surface area contributed by atoms with Gasteiger partial charge in [-0.2, -0.15) is 8.42 Å². The fourth-order valence-corrected chi connectivity index (χ4v) is 4.47. The van der Waals surface area contributed by atoms with Crippen LogP contribution in [0.15, 0.2) is 11.6 Å². The van der Waals surface area contributed by atoms with Crippen molar-refractivity contribution in [2.75, 3.05) is 0 Å². The maximum absolute atomic E-state index is 11.1. The van der Waals surface area contributed by atoms with E-state index in [1.165, 1.54) is 5.54 Å². The Labute approximate surface area is 186 Å². The van der Waals surface area contributed by atoms with Gasteiger partial charge < -0.3 is 0 Å². The molecule has 0 heterocycles. The first-order chi connectivity index (χ1) is 12.0. The van der Waals surface area contributed by atoms with Crippen molar-refractivity contribution >= 4 is 80.0 Å². The van der Waals surface area contributed by atoms with Crippen molar-refractivity contribution in [3.63, 3.8) is 0 Å². The fourth-order valence-electron chi connectivity index (χ4n) is 2.24. The molecule has 0 aromatic rings. The fraction of sp³-hybridized carbons (Fsp3) is 0.867. The Balaban J connectivity index is 4.61. The van der Waals surface area contributed by atoms with Crippen molar-refractivity contribution in [1.29, 1.82) is 0 Å². The summed E-state index contributed by atoms with van der Waals surface area (Å²) in [6, 6.07) is 0. The molecule has 0 radical (unpaired) electrons. The van der Waals surface area contributed by atoms with Crippen LogP contribution in [-0.2, 0) is 14.6 Å². The molecule has 0 rings (SSSR count). The maximum atomic E-state index is 11.1. The number of unbranched alkanes of at least 4 members (excludes halogenated alkanes) is 4. The summed E-state index contributed by atoms with van der Waals surface area (Å²) >= 11 is 36.3. The minimum atomic E-state index is -4.78. The summed E-state index contributed by atoms with van der Waals surface area (Å²) in [7, 11) is -4.78. The molecule has 0 aliphatic rings. The smallest absolute Gasteiger partial charge is 0.264 e. The average Bonchev–Trinajstić information content (AvgIpc) is 2.55. The number of hydrogen-bond donors (Lipinski definition) is 1. The van der Waals surface area contributed by atoms with Gasteiger partial charge in [0.2, 0.25) is 0 Å². The molecule has 0 saturated carbocycles. The number of halogens is 6. The van der Waals surface area contributed by atoms with E-state index in [9.17, 15) is 8.42 Å². The lowest BCUT2D eigenvalue weighted by atomic mass is 10.0. The summed E-state index contributed by atoms with van der Waals surface area (Å²) in [5, 5.41) is -4.10. The molecular formula is C15H24Cl6O4S. The summed E-state index contributed by atoms with van der Waals surface area (Å²) < 4.78 is 35.7. The number of allylic oxidation sites excluding steroid dienone is 1. The van der Waals surface area contributed by atoms with Crippen molar-refractivity contribution in [2.45, 2.75) is 78.4 Å². The lowest BCUT2D eigenvalue weighted by Crippen LogP contribution is -2.45. The number of alkyl halides is 5. The molecule has 0 saturated heterocycles. The van der Waals surface area contributed by atoms with Gasteiger partial charge in [-0.05, 0) is 26.2 Å². The zero-order valence-corrected chi connectivity index (χ0v) is 19.6. The molecular weight excluding hydrogens is 489 g/mol. The third kappa shape index (κ3) is 12.0. The van der Waals surface area contributed by atoms with Crippen molar-refractivity contribution in [3.05, 3.63) is 11.6 Å².